The first kappa shape index (κ1) is 23.0. The highest BCUT2D eigenvalue weighted by molar-refractivity contribution is 6.15. The third kappa shape index (κ3) is 5.15. The fourth-order valence-electron chi connectivity index (χ4n) is 3.73. The summed E-state index contributed by atoms with van der Waals surface area (Å²) in [5.41, 5.74) is 4.81. The summed E-state index contributed by atoms with van der Waals surface area (Å²) in [6, 6.07) is 0.398. The quantitative estimate of drug-likeness (QED) is 0.644. The van der Waals surface area contributed by atoms with Crippen LogP contribution in [0.3, 0.4) is 0 Å². The van der Waals surface area contributed by atoms with E-state index in [1.165, 1.54) is 0 Å². The van der Waals surface area contributed by atoms with Gasteiger partial charge in [0.25, 0.3) is 0 Å². The second-order valence-corrected chi connectivity index (χ2v) is 8.53. The Morgan fingerprint density at radius 2 is 1.74 bits per heavy atom. The smallest absolute Gasteiger partial charge is 0.0974 e. The summed E-state index contributed by atoms with van der Waals surface area (Å²) in [5.74, 6) is 0.186. The molecule has 2 aromatic heterocycles. The fourth-order valence-corrected chi connectivity index (χ4v) is 3.73. The lowest BCUT2D eigenvalue weighted by molar-refractivity contribution is 0.103. The van der Waals surface area contributed by atoms with E-state index in [2.05, 4.69) is 59.9 Å². The van der Waals surface area contributed by atoms with Gasteiger partial charge in [-0.15, -0.1) is 0 Å². The van der Waals surface area contributed by atoms with E-state index in [9.17, 15) is 5.11 Å². The van der Waals surface area contributed by atoms with E-state index in [-0.39, 0.29) is 5.92 Å². The third-order valence-corrected chi connectivity index (χ3v) is 5.83. The van der Waals surface area contributed by atoms with Crippen LogP contribution in [0.1, 0.15) is 71.0 Å². The number of aromatic nitrogens is 4. The molecule has 168 valence electrons. The van der Waals surface area contributed by atoms with Crippen LogP contribution in [0.4, 0.5) is 0 Å². The minimum Gasteiger partial charge on any atom is -0.391 e. The zero-order valence-corrected chi connectivity index (χ0v) is 19.7. The number of aliphatic imine (C=N–C) groups is 1. The Morgan fingerprint density at radius 3 is 2.39 bits per heavy atom. The summed E-state index contributed by atoms with van der Waals surface area (Å²) in [5, 5.41) is 19.3. The van der Waals surface area contributed by atoms with E-state index < -0.39 is 6.10 Å². The predicted molar refractivity (Wildman–Crippen MR) is 126 cm³/mol. The van der Waals surface area contributed by atoms with Crippen LogP contribution in [0, 0.1) is 5.92 Å². The molecule has 1 atom stereocenters. The van der Waals surface area contributed by atoms with Crippen molar-refractivity contribution in [1.29, 1.82) is 0 Å². The van der Waals surface area contributed by atoms with Gasteiger partial charge in [-0.25, -0.2) is 4.99 Å². The number of aliphatic hydroxyl groups is 1. The Bertz CT molecular complexity index is 960. The standard InChI is InChI=1S/C24H36N6O/c1-7-10-22-24(19-12-26-30(14-19)20(8-2)9-3)27-21(15-28(22)6)18-11-25-29(13-18)16-23(31)17(4)5/h10-15,17,20,23,31H,7-9,16H2,1-6H3/b22-10-. The summed E-state index contributed by atoms with van der Waals surface area (Å²) in [4.78, 5) is 7.14. The molecule has 31 heavy (non-hydrogen) atoms. The Hall–Kier alpha value is -2.67. The highest BCUT2D eigenvalue weighted by Crippen LogP contribution is 2.28. The second kappa shape index (κ2) is 10.1. The van der Waals surface area contributed by atoms with Crippen molar-refractivity contribution < 1.29 is 5.11 Å². The first-order valence-corrected chi connectivity index (χ1v) is 11.4. The Morgan fingerprint density at radius 1 is 1.03 bits per heavy atom. The Kier molecular flexibility index (Phi) is 7.49. The van der Waals surface area contributed by atoms with Crippen LogP contribution in [0.2, 0.25) is 0 Å². The van der Waals surface area contributed by atoms with Gasteiger partial charge in [-0.1, -0.05) is 40.7 Å². The molecule has 0 aromatic carbocycles. The summed E-state index contributed by atoms with van der Waals surface area (Å²) in [6.45, 7) is 11.0. The van der Waals surface area contributed by atoms with E-state index in [1.807, 2.05) is 38.6 Å². The summed E-state index contributed by atoms with van der Waals surface area (Å²) >= 11 is 0. The van der Waals surface area contributed by atoms with Crippen LogP contribution >= 0.6 is 0 Å². The van der Waals surface area contributed by atoms with Crippen LogP contribution in [0.15, 0.2) is 47.8 Å². The summed E-state index contributed by atoms with van der Waals surface area (Å²) < 4.78 is 3.85. The molecular weight excluding hydrogens is 388 g/mol. The minimum atomic E-state index is -0.426. The van der Waals surface area contributed by atoms with Gasteiger partial charge in [0.05, 0.1) is 48.2 Å². The van der Waals surface area contributed by atoms with Gasteiger partial charge >= 0.3 is 0 Å². The molecule has 0 bridgehead atoms. The molecular formula is C24H36N6O. The van der Waals surface area contributed by atoms with Crippen molar-refractivity contribution in [3.8, 4) is 0 Å². The Balaban J connectivity index is 1.95. The van der Waals surface area contributed by atoms with Crippen molar-refractivity contribution in [2.75, 3.05) is 7.05 Å². The van der Waals surface area contributed by atoms with Crippen molar-refractivity contribution >= 4 is 11.4 Å². The van der Waals surface area contributed by atoms with E-state index in [4.69, 9.17) is 4.99 Å². The highest BCUT2D eigenvalue weighted by atomic mass is 16.3. The van der Waals surface area contributed by atoms with Crippen molar-refractivity contribution in [1.82, 2.24) is 24.5 Å². The molecule has 0 amide bonds. The molecule has 0 saturated heterocycles. The number of aliphatic hydroxyl groups excluding tert-OH is 1. The van der Waals surface area contributed by atoms with Gasteiger partial charge in [0.2, 0.25) is 0 Å². The maximum Gasteiger partial charge on any atom is 0.0974 e. The van der Waals surface area contributed by atoms with Gasteiger partial charge in [-0.2, -0.15) is 10.2 Å². The molecule has 3 heterocycles. The molecule has 2 aromatic rings. The van der Waals surface area contributed by atoms with Gasteiger partial charge in [-0.05, 0) is 25.2 Å². The third-order valence-electron chi connectivity index (χ3n) is 5.83. The maximum atomic E-state index is 10.2. The molecule has 1 N–H and O–H groups in total. The fraction of sp³-hybridized carbons (Fsp3) is 0.542. The zero-order chi connectivity index (χ0) is 22.5. The summed E-state index contributed by atoms with van der Waals surface area (Å²) in [7, 11) is 2.05. The maximum absolute atomic E-state index is 10.2. The highest BCUT2D eigenvalue weighted by Gasteiger charge is 2.22. The van der Waals surface area contributed by atoms with E-state index >= 15 is 0 Å². The van der Waals surface area contributed by atoms with Crippen molar-refractivity contribution in [3.05, 3.63) is 53.9 Å². The molecule has 0 fully saturated rings. The van der Waals surface area contributed by atoms with Crippen LogP contribution in [-0.2, 0) is 6.54 Å². The molecule has 7 nitrogen and oxygen atoms in total. The number of rotatable bonds is 9. The molecule has 0 saturated carbocycles. The molecule has 0 radical (unpaired) electrons. The number of likely N-dealkylation sites (N-methyl/N-ethyl adjacent to an activating group) is 1. The van der Waals surface area contributed by atoms with Crippen LogP contribution in [0.25, 0.3) is 5.70 Å². The molecule has 1 aliphatic heterocycles. The minimum absolute atomic E-state index is 0.186. The van der Waals surface area contributed by atoms with Crippen LogP contribution in [-0.4, -0.2) is 48.4 Å². The van der Waals surface area contributed by atoms with Gasteiger partial charge < -0.3 is 10.0 Å². The van der Waals surface area contributed by atoms with Gasteiger partial charge in [0.1, 0.15) is 0 Å². The zero-order valence-electron chi connectivity index (χ0n) is 19.7. The van der Waals surface area contributed by atoms with E-state index in [0.29, 0.717) is 12.6 Å². The van der Waals surface area contributed by atoms with E-state index in [1.54, 1.807) is 4.68 Å². The number of hydrogen-bond donors (Lipinski definition) is 1. The van der Waals surface area contributed by atoms with Crippen LogP contribution < -0.4 is 0 Å². The molecule has 0 spiro atoms. The number of allylic oxidation sites excluding steroid dienone is 2. The van der Waals surface area contributed by atoms with E-state index in [0.717, 1.165) is 47.5 Å². The lowest BCUT2D eigenvalue weighted by Crippen LogP contribution is -2.23. The first-order valence-electron chi connectivity index (χ1n) is 11.4. The van der Waals surface area contributed by atoms with Gasteiger partial charge in [-0.3, -0.25) is 9.36 Å². The average molecular weight is 425 g/mol. The average Bonchev–Trinajstić information content (AvgIpc) is 3.40. The van der Waals surface area contributed by atoms with Crippen molar-refractivity contribution in [3.63, 3.8) is 0 Å². The summed E-state index contributed by atoms with van der Waals surface area (Å²) in [6.07, 6.45) is 14.6. The van der Waals surface area contributed by atoms with Crippen LogP contribution in [0.5, 0.6) is 0 Å². The largest absolute Gasteiger partial charge is 0.391 e. The lowest BCUT2D eigenvalue weighted by atomic mass is 10.1. The lowest BCUT2D eigenvalue weighted by Gasteiger charge is -2.25. The second-order valence-electron chi connectivity index (χ2n) is 8.53. The number of hydrogen-bond acceptors (Lipinski definition) is 5. The molecule has 3 rings (SSSR count). The molecule has 1 unspecified atom stereocenters. The monoisotopic (exact) mass is 424 g/mol. The predicted octanol–water partition coefficient (Wildman–Crippen LogP) is 4.48. The van der Waals surface area contributed by atoms with Crippen molar-refractivity contribution in [2.24, 2.45) is 10.9 Å². The van der Waals surface area contributed by atoms with Crippen molar-refractivity contribution in [2.45, 2.75) is 72.6 Å². The van der Waals surface area contributed by atoms with Gasteiger partial charge in [0, 0.05) is 36.8 Å². The number of nitrogens with zero attached hydrogens (tertiary/aromatic N) is 6. The Labute approximate surface area is 185 Å². The molecule has 1 aliphatic rings. The SMILES string of the molecule is CC/C=C1/C(c2cnn(C(CC)CC)c2)=NC(c2cnn(CC(O)C(C)C)c2)=CN1C. The molecule has 0 aliphatic carbocycles. The topological polar surface area (TPSA) is 71.5 Å². The van der Waals surface area contributed by atoms with Gasteiger partial charge in [0.15, 0.2) is 0 Å². The molecule has 7 heteroatoms. The normalized spacial score (nSPS) is 16.9. The first-order chi connectivity index (χ1) is 14.9.